The zero-order valence-corrected chi connectivity index (χ0v) is 16.3. The normalized spacial score (nSPS) is 18.5. The maximum Gasteiger partial charge on any atom is 0.216 e. The van der Waals surface area contributed by atoms with E-state index in [4.69, 9.17) is 9.72 Å². The first-order valence-corrected chi connectivity index (χ1v) is 10.2. The lowest BCUT2D eigenvalue weighted by Gasteiger charge is -2.38. The number of piperazine rings is 1. The van der Waals surface area contributed by atoms with Crippen LogP contribution < -0.4 is 15.0 Å². The van der Waals surface area contributed by atoms with Crippen molar-refractivity contribution in [1.82, 2.24) is 20.1 Å². The number of nitrogens with one attached hydrogen (secondary N) is 1. The molecule has 4 heterocycles. The van der Waals surface area contributed by atoms with Gasteiger partial charge in [-0.25, -0.2) is 4.98 Å². The van der Waals surface area contributed by atoms with E-state index in [0.29, 0.717) is 6.04 Å². The molecule has 2 aromatic heterocycles. The second-order valence-corrected chi connectivity index (χ2v) is 7.72. The summed E-state index contributed by atoms with van der Waals surface area (Å²) in [6.45, 7) is 6.98. The molecule has 2 aliphatic heterocycles. The molecule has 7 nitrogen and oxygen atoms in total. The summed E-state index contributed by atoms with van der Waals surface area (Å²) in [4.78, 5) is 9.72. The molecule has 2 aromatic rings. The average Bonchev–Trinajstić information content (AvgIpc) is 3.35. The molecule has 26 heavy (non-hydrogen) atoms. The van der Waals surface area contributed by atoms with E-state index in [0.717, 1.165) is 73.9 Å². The van der Waals surface area contributed by atoms with E-state index in [1.807, 2.05) is 7.05 Å². The largest absolute Gasteiger partial charge is 0.477 e. The number of nitrogens with zero attached hydrogens (tertiary/aromatic N) is 5. The number of anilines is 2. The van der Waals surface area contributed by atoms with Gasteiger partial charge in [-0.3, -0.25) is 4.90 Å². The van der Waals surface area contributed by atoms with Gasteiger partial charge in [-0.2, -0.15) is 0 Å². The number of ether oxygens (including phenoxy) is 1. The summed E-state index contributed by atoms with van der Waals surface area (Å²) in [7, 11) is 1.88. The molecule has 2 aliphatic rings. The number of hydrogen-bond donors (Lipinski definition) is 1. The molecule has 1 fully saturated rings. The Balaban J connectivity index is 1.45. The zero-order chi connectivity index (χ0) is 17.9. The average molecular weight is 375 g/mol. The number of rotatable bonds is 6. The second kappa shape index (κ2) is 7.75. The first-order chi connectivity index (χ1) is 12.8. The first-order valence-electron chi connectivity index (χ1n) is 9.41. The maximum absolute atomic E-state index is 5.68. The topological polar surface area (TPSA) is 66.4 Å². The van der Waals surface area contributed by atoms with Crippen LogP contribution in [0, 0.1) is 0 Å². The predicted octanol–water partition coefficient (Wildman–Crippen LogP) is 2.57. The van der Waals surface area contributed by atoms with Gasteiger partial charge >= 0.3 is 0 Å². The van der Waals surface area contributed by atoms with Crippen LogP contribution in [0.4, 0.5) is 10.3 Å². The Labute approximate surface area is 158 Å². The van der Waals surface area contributed by atoms with Gasteiger partial charge in [0.05, 0.1) is 18.3 Å². The van der Waals surface area contributed by atoms with Crippen molar-refractivity contribution in [2.24, 2.45) is 0 Å². The Morgan fingerprint density at radius 3 is 2.81 bits per heavy atom. The third kappa shape index (κ3) is 3.48. The van der Waals surface area contributed by atoms with Crippen LogP contribution in [0.2, 0.25) is 0 Å². The van der Waals surface area contributed by atoms with E-state index >= 15 is 0 Å². The van der Waals surface area contributed by atoms with E-state index in [-0.39, 0.29) is 0 Å². The van der Waals surface area contributed by atoms with Crippen molar-refractivity contribution in [3.63, 3.8) is 0 Å². The van der Waals surface area contributed by atoms with Gasteiger partial charge in [0.15, 0.2) is 0 Å². The van der Waals surface area contributed by atoms with Gasteiger partial charge in [0, 0.05) is 45.2 Å². The van der Waals surface area contributed by atoms with Crippen LogP contribution in [0.5, 0.6) is 5.88 Å². The summed E-state index contributed by atoms with van der Waals surface area (Å²) in [5.74, 6) is 0.843. The lowest BCUT2D eigenvalue weighted by atomic mass is 10.0. The van der Waals surface area contributed by atoms with Crippen molar-refractivity contribution in [2.45, 2.75) is 32.2 Å². The Kier molecular flexibility index (Phi) is 5.21. The van der Waals surface area contributed by atoms with Gasteiger partial charge < -0.3 is 15.0 Å². The molecule has 0 saturated carbocycles. The highest BCUT2D eigenvalue weighted by molar-refractivity contribution is 7.19. The van der Waals surface area contributed by atoms with Crippen LogP contribution in [0.25, 0.3) is 0 Å². The highest BCUT2D eigenvalue weighted by Gasteiger charge is 2.28. The summed E-state index contributed by atoms with van der Waals surface area (Å²) in [5, 5.41) is 13.4. The second-order valence-electron chi connectivity index (χ2n) is 6.77. The standard InChI is InChI=1S/C18H26N6OS/c1-3-4-15(14-6-5-13-7-12-25-16(13)20-14)23-8-10-24(11-9-23)18-22-21-17(19-2)26-18/h5-6,15H,3-4,7-12H2,1-2H3,(H,19,21). The highest BCUT2D eigenvalue weighted by atomic mass is 32.1. The SMILES string of the molecule is CCCC(c1ccc2c(n1)OCC2)N1CCN(c2nnc(NC)s2)CC1. The fraction of sp³-hybridized carbons (Fsp3) is 0.611. The van der Waals surface area contributed by atoms with Crippen LogP contribution in [0.1, 0.15) is 37.1 Å². The fourth-order valence-corrected chi connectivity index (χ4v) is 4.45. The van der Waals surface area contributed by atoms with Crippen molar-refractivity contribution in [1.29, 1.82) is 0 Å². The zero-order valence-electron chi connectivity index (χ0n) is 15.4. The highest BCUT2D eigenvalue weighted by Crippen LogP contribution is 2.31. The van der Waals surface area contributed by atoms with Gasteiger partial charge in [-0.1, -0.05) is 30.7 Å². The smallest absolute Gasteiger partial charge is 0.216 e. The van der Waals surface area contributed by atoms with Crippen LogP contribution in [0.3, 0.4) is 0 Å². The molecule has 8 heteroatoms. The van der Waals surface area contributed by atoms with E-state index in [1.165, 1.54) is 5.56 Å². The van der Waals surface area contributed by atoms with Gasteiger partial charge in [-0.05, 0) is 12.5 Å². The molecule has 1 unspecified atom stereocenters. The van der Waals surface area contributed by atoms with Crippen molar-refractivity contribution in [3.8, 4) is 5.88 Å². The molecule has 0 bridgehead atoms. The summed E-state index contributed by atoms with van der Waals surface area (Å²) < 4.78 is 5.68. The number of pyridine rings is 1. The molecular weight excluding hydrogens is 348 g/mol. The third-order valence-corrected chi connectivity index (χ3v) is 6.13. The minimum atomic E-state index is 0.360. The summed E-state index contributed by atoms with van der Waals surface area (Å²) in [6.07, 6.45) is 3.25. The Morgan fingerprint density at radius 1 is 1.23 bits per heavy atom. The molecule has 1 saturated heterocycles. The van der Waals surface area contributed by atoms with Crippen molar-refractivity contribution in [2.75, 3.05) is 50.1 Å². The number of aromatic nitrogens is 3. The van der Waals surface area contributed by atoms with Gasteiger partial charge in [-0.15, -0.1) is 10.2 Å². The summed E-state index contributed by atoms with van der Waals surface area (Å²) in [5.41, 5.74) is 2.39. The quantitative estimate of drug-likeness (QED) is 0.833. The molecule has 1 atom stereocenters. The Bertz CT molecular complexity index is 743. The first kappa shape index (κ1) is 17.5. The molecule has 0 spiro atoms. The number of hydrogen-bond acceptors (Lipinski definition) is 8. The lowest BCUT2D eigenvalue weighted by molar-refractivity contribution is 0.171. The van der Waals surface area contributed by atoms with Crippen LogP contribution in [-0.4, -0.2) is 59.9 Å². The van der Waals surface area contributed by atoms with E-state index in [1.54, 1.807) is 11.3 Å². The van der Waals surface area contributed by atoms with Crippen LogP contribution in [-0.2, 0) is 6.42 Å². The summed E-state index contributed by atoms with van der Waals surface area (Å²) >= 11 is 1.61. The van der Waals surface area contributed by atoms with Crippen LogP contribution in [0.15, 0.2) is 12.1 Å². The molecule has 1 N–H and O–H groups in total. The van der Waals surface area contributed by atoms with Crippen molar-refractivity contribution < 1.29 is 4.74 Å². The predicted molar refractivity (Wildman–Crippen MR) is 104 cm³/mol. The molecule has 4 rings (SSSR count). The monoisotopic (exact) mass is 374 g/mol. The van der Waals surface area contributed by atoms with E-state index in [9.17, 15) is 0 Å². The van der Waals surface area contributed by atoms with Gasteiger partial charge in [0.25, 0.3) is 0 Å². The van der Waals surface area contributed by atoms with Crippen molar-refractivity contribution >= 4 is 21.6 Å². The van der Waals surface area contributed by atoms with Gasteiger partial charge in [0.1, 0.15) is 0 Å². The fourth-order valence-electron chi connectivity index (χ4n) is 3.70. The molecule has 140 valence electrons. The van der Waals surface area contributed by atoms with E-state index < -0.39 is 0 Å². The minimum absolute atomic E-state index is 0.360. The Hall–Kier alpha value is -1.93. The summed E-state index contributed by atoms with van der Waals surface area (Å²) in [6, 6.07) is 4.76. The molecule has 0 aliphatic carbocycles. The van der Waals surface area contributed by atoms with Crippen LogP contribution >= 0.6 is 11.3 Å². The molecule has 0 radical (unpaired) electrons. The molecule has 0 amide bonds. The van der Waals surface area contributed by atoms with Crippen molar-refractivity contribution in [3.05, 3.63) is 23.4 Å². The minimum Gasteiger partial charge on any atom is -0.477 e. The molecule has 0 aromatic carbocycles. The number of fused-ring (bicyclic) bond motifs is 1. The van der Waals surface area contributed by atoms with Gasteiger partial charge in [0.2, 0.25) is 16.1 Å². The molecular formula is C18H26N6OS. The lowest BCUT2D eigenvalue weighted by Crippen LogP contribution is -2.47. The maximum atomic E-state index is 5.68. The van der Waals surface area contributed by atoms with E-state index in [2.05, 4.69) is 44.4 Å². The third-order valence-electron chi connectivity index (χ3n) is 5.13. The Morgan fingerprint density at radius 2 is 2.08 bits per heavy atom.